The zero-order valence-corrected chi connectivity index (χ0v) is 12.4. The molecule has 0 aliphatic carbocycles. The minimum Gasteiger partial charge on any atom is -0.306 e. The summed E-state index contributed by atoms with van der Waals surface area (Å²) < 4.78 is 1.19. The molecule has 1 atom stereocenters. The molecule has 0 amide bonds. The number of rotatable bonds is 4. The first-order valence-electron chi connectivity index (χ1n) is 5.74. The summed E-state index contributed by atoms with van der Waals surface area (Å²) in [5, 5.41) is 7.89. The van der Waals surface area contributed by atoms with E-state index in [1.807, 2.05) is 0 Å². The second-order valence-corrected chi connectivity index (χ2v) is 5.68. The highest BCUT2D eigenvalue weighted by Crippen LogP contribution is 2.31. The van der Waals surface area contributed by atoms with E-state index in [0.29, 0.717) is 0 Å². The van der Waals surface area contributed by atoms with E-state index in [1.54, 1.807) is 11.3 Å². The van der Waals surface area contributed by atoms with Crippen molar-refractivity contribution in [1.29, 1.82) is 0 Å². The van der Waals surface area contributed by atoms with Crippen molar-refractivity contribution in [2.24, 2.45) is 0 Å². The van der Waals surface area contributed by atoms with Gasteiger partial charge in [0.05, 0.1) is 6.04 Å². The Hall–Kier alpha value is -0.640. The topological polar surface area (TPSA) is 12.0 Å². The molecule has 1 aromatic heterocycles. The summed E-state index contributed by atoms with van der Waals surface area (Å²) in [4.78, 5) is 0. The summed E-state index contributed by atoms with van der Waals surface area (Å²) >= 11 is 5.36. The third-order valence-electron chi connectivity index (χ3n) is 2.74. The van der Waals surface area contributed by atoms with Crippen molar-refractivity contribution in [3.63, 3.8) is 0 Å². The molecule has 1 heterocycles. The van der Waals surface area contributed by atoms with Crippen LogP contribution in [0, 0.1) is 6.92 Å². The normalized spacial score (nSPS) is 12.6. The minimum atomic E-state index is 0.278. The first-order chi connectivity index (χ1) is 8.22. The van der Waals surface area contributed by atoms with Crippen LogP contribution in [0.1, 0.15) is 29.7 Å². The van der Waals surface area contributed by atoms with Crippen LogP contribution in [0.5, 0.6) is 0 Å². The third-order valence-corrected chi connectivity index (χ3v) is 4.49. The molecular formula is C14H16BrNS. The van der Waals surface area contributed by atoms with Gasteiger partial charge < -0.3 is 5.32 Å². The number of halogens is 1. The highest BCUT2D eigenvalue weighted by molar-refractivity contribution is 9.10. The second kappa shape index (κ2) is 5.80. The van der Waals surface area contributed by atoms with Gasteiger partial charge in [0.1, 0.15) is 0 Å². The largest absolute Gasteiger partial charge is 0.306 e. The Morgan fingerprint density at radius 3 is 2.76 bits per heavy atom. The zero-order chi connectivity index (χ0) is 12.3. The van der Waals surface area contributed by atoms with E-state index in [-0.39, 0.29) is 6.04 Å². The molecule has 0 radical (unpaired) electrons. The van der Waals surface area contributed by atoms with Gasteiger partial charge in [0.2, 0.25) is 0 Å². The van der Waals surface area contributed by atoms with E-state index in [1.165, 1.54) is 21.2 Å². The lowest BCUT2D eigenvalue weighted by molar-refractivity contribution is 0.630. The minimum absolute atomic E-state index is 0.278. The Labute approximate surface area is 115 Å². The Balaban J connectivity index is 2.39. The zero-order valence-electron chi connectivity index (χ0n) is 10.0. The van der Waals surface area contributed by atoms with Crippen LogP contribution < -0.4 is 5.32 Å². The number of aryl methyl sites for hydroxylation is 1. The average Bonchev–Trinajstić information content (AvgIpc) is 2.72. The standard InChI is InChI=1S/C14H16BrNS/c1-3-16-14(12-8-17-9-13(12)15)11-6-4-5-10(2)7-11/h4-9,14,16H,3H2,1-2H3. The summed E-state index contributed by atoms with van der Waals surface area (Å²) in [7, 11) is 0. The first kappa shape index (κ1) is 12.8. The number of thiophene rings is 1. The number of benzene rings is 1. The predicted octanol–water partition coefficient (Wildman–Crippen LogP) is 4.52. The predicted molar refractivity (Wildman–Crippen MR) is 78.7 cm³/mol. The summed E-state index contributed by atoms with van der Waals surface area (Å²) in [6.07, 6.45) is 0. The molecule has 90 valence electrons. The molecule has 3 heteroatoms. The SMILES string of the molecule is CCNC(c1cccc(C)c1)c1cscc1Br. The highest BCUT2D eigenvalue weighted by atomic mass is 79.9. The van der Waals surface area contributed by atoms with Crippen molar-refractivity contribution < 1.29 is 0 Å². The van der Waals surface area contributed by atoms with Crippen LogP contribution in [0.25, 0.3) is 0 Å². The van der Waals surface area contributed by atoms with Crippen molar-refractivity contribution in [1.82, 2.24) is 5.32 Å². The number of hydrogen-bond donors (Lipinski definition) is 1. The van der Waals surface area contributed by atoms with Gasteiger partial charge in [-0.2, -0.15) is 11.3 Å². The van der Waals surface area contributed by atoms with Crippen LogP contribution in [0.3, 0.4) is 0 Å². The van der Waals surface area contributed by atoms with E-state index in [4.69, 9.17) is 0 Å². The van der Waals surface area contributed by atoms with Crippen molar-refractivity contribution >= 4 is 27.3 Å². The molecule has 0 fully saturated rings. The molecule has 1 nitrogen and oxygen atoms in total. The summed E-state index contributed by atoms with van der Waals surface area (Å²) in [5.41, 5.74) is 3.95. The molecule has 0 saturated carbocycles. The summed E-state index contributed by atoms with van der Waals surface area (Å²) in [6.45, 7) is 5.24. The molecule has 0 bridgehead atoms. The van der Waals surface area contributed by atoms with Gasteiger partial charge in [-0.25, -0.2) is 0 Å². The molecule has 0 spiro atoms. The van der Waals surface area contributed by atoms with Crippen molar-refractivity contribution in [2.75, 3.05) is 6.54 Å². The molecular weight excluding hydrogens is 294 g/mol. The maximum atomic E-state index is 3.62. The first-order valence-corrected chi connectivity index (χ1v) is 7.47. The lowest BCUT2D eigenvalue weighted by Crippen LogP contribution is -2.21. The fourth-order valence-corrected chi connectivity index (χ4v) is 3.51. The van der Waals surface area contributed by atoms with Gasteiger partial charge in [-0.05, 0) is 45.9 Å². The molecule has 1 unspecified atom stereocenters. The van der Waals surface area contributed by atoms with Gasteiger partial charge >= 0.3 is 0 Å². The maximum Gasteiger partial charge on any atom is 0.0596 e. The van der Waals surface area contributed by atoms with Gasteiger partial charge in [0.25, 0.3) is 0 Å². The van der Waals surface area contributed by atoms with Gasteiger partial charge in [-0.15, -0.1) is 0 Å². The van der Waals surface area contributed by atoms with Crippen LogP contribution in [-0.2, 0) is 0 Å². The fourth-order valence-electron chi connectivity index (χ4n) is 1.96. The van der Waals surface area contributed by atoms with E-state index in [9.17, 15) is 0 Å². The van der Waals surface area contributed by atoms with Crippen molar-refractivity contribution in [3.05, 3.63) is 56.2 Å². The lowest BCUT2D eigenvalue weighted by atomic mass is 9.99. The molecule has 2 aromatic rings. The molecule has 2 rings (SSSR count). The Morgan fingerprint density at radius 2 is 2.18 bits per heavy atom. The van der Waals surface area contributed by atoms with Crippen LogP contribution in [0.2, 0.25) is 0 Å². The van der Waals surface area contributed by atoms with Crippen molar-refractivity contribution in [2.45, 2.75) is 19.9 Å². The Kier molecular flexibility index (Phi) is 4.37. The van der Waals surface area contributed by atoms with Crippen LogP contribution in [0.4, 0.5) is 0 Å². The van der Waals surface area contributed by atoms with Crippen LogP contribution >= 0.6 is 27.3 Å². The fraction of sp³-hybridized carbons (Fsp3) is 0.286. The Bertz CT molecular complexity index is 492. The molecule has 1 N–H and O–H groups in total. The molecule has 1 aromatic carbocycles. The smallest absolute Gasteiger partial charge is 0.0596 e. The summed E-state index contributed by atoms with van der Waals surface area (Å²) in [6, 6.07) is 8.97. The van der Waals surface area contributed by atoms with E-state index >= 15 is 0 Å². The quantitative estimate of drug-likeness (QED) is 0.875. The van der Waals surface area contributed by atoms with E-state index in [0.717, 1.165) is 6.54 Å². The maximum absolute atomic E-state index is 3.62. The molecule has 0 aliphatic heterocycles. The number of hydrogen-bond acceptors (Lipinski definition) is 2. The van der Waals surface area contributed by atoms with Crippen molar-refractivity contribution in [3.8, 4) is 0 Å². The van der Waals surface area contributed by atoms with Crippen LogP contribution in [0.15, 0.2) is 39.5 Å². The third kappa shape index (κ3) is 2.97. The van der Waals surface area contributed by atoms with Gasteiger partial charge in [0, 0.05) is 9.85 Å². The van der Waals surface area contributed by atoms with Gasteiger partial charge in [-0.3, -0.25) is 0 Å². The number of nitrogens with one attached hydrogen (secondary N) is 1. The van der Waals surface area contributed by atoms with Gasteiger partial charge in [-0.1, -0.05) is 36.8 Å². The summed E-state index contributed by atoms with van der Waals surface area (Å²) in [5.74, 6) is 0. The lowest BCUT2D eigenvalue weighted by Gasteiger charge is -2.18. The highest BCUT2D eigenvalue weighted by Gasteiger charge is 2.16. The van der Waals surface area contributed by atoms with E-state index in [2.05, 4.69) is 70.1 Å². The van der Waals surface area contributed by atoms with Crippen LogP contribution in [-0.4, -0.2) is 6.54 Å². The second-order valence-electron chi connectivity index (χ2n) is 4.08. The van der Waals surface area contributed by atoms with E-state index < -0.39 is 0 Å². The van der Waals surface area contributed by atoms with Gasteiger partial charge in [0.15, 0.2) is 0 Å². The monoisotopic (exact) mass is 309 g/mol. The molecule has 17 heavy (non-hydrogen) atoms. The molecule has 0 aliphatic rings. The average molecular weight is 310 g/mol. The molecule has 0 saturated heterocycles. The Morgan fingerprint density at radius 1 is 1.35 bits per heavy atom.